The molecule has 2 unspecified atom stereocenters. The molecule has 0 saturated heterocycles. The molecule has 0 fully saturated rings. The zero-order chi connectivity index (χ0) is 26.6. The first-order valence-corrected chi connectivity index (χ1v) is 12.8. The Hall–Kier alpha value is -3.84. The molecule has 5 rings (SSSR count). The number of amides is 1. The van der Waals surface area contributed by atoms with Gasteiger partial charge in [-0.25, -0.2) is 4.79 Å². The predicted molar refractivity (Wildman–Crippen MR) is 145 cm³/mol. The van der Waals surface area contributed by atoms with Crippen LogP contribution < -0.4 is 10.3 Å². The quantitative estimate of drug-likeness (QED) is 0.396. The maximum atomic E-state index is 13.1. The Bertz CT molecular complexity index is 1390. The van der Waals surface area contributed by atoms with Gasteiger partial charge in [-0.3, -0.25) is 14.9 Å². The Balaban J connectivity index is 1.36. The number of carbonyl (C=O) groups excluding carboxylic acids is 1. The van der Waals surface area contributed by atoms with Crippen LogP contribution in [0.5, 0.6) is 5.75 Å². The summed E-state index contributed by atoms with van der Waals surface area (Å²) in [5, 5.41) is 15.7. The summed E-state index contributed by atoms with van der Waals surface area (Å²) in [6, 6.07) is 13.0. The van der Waals surface area contributed by atoms with Gasteiger partial charge in [-0.15, -0.1) is 11.5 Å². The van der Waals surface area contributed by atoms with E-state index >= 15 is 0 Å². The highest BCUT2D eigenvalue weighted by molar-refractivity contribution is 6.31. The fourth-order valence-electron chi connectivity index (χ4n) is 4.83. The number of aromatic nitrogens is 1. The number of aliphatic hydroxyl groups is 1. The van der Waals surface area contributed by atoms with Crippen LogP contribution in [0, 0.1) is 11.8 Å². The Labute approximate surface area is 226 Å². The van der Waals surface area contributed by atoms with Crippen molar-refractivity contribution < 1.29 is 19.4 Å². The van der Waals surface area contributed by atoms with Crippen LogP contribution in [0.4, 0.5) is 4.79 Å². The van der Waals surface area contributed by atoms with Crippen molar-refractivity contribution in [2.75, 3.05) is 33.4 Å². The molecule has 2 aliphatic rings. The van der Waals surface area contributed by atoms with Gasteiger partial charge in [0.1, 0.15) is 24.5 Å². The molecule has 0 saturated carbocycles. The summed E-state index contributed by atoms with van der Waals surface area (Å²) in [5.41, 5.74) is 7.01. The van der Waals surface area contributed by atoms with E-state index in [1.54, 1.807) is 21.8 Å². The zero-order valence-electron chi connectivity index (χ0n) is 21.3. The molecular formula is C28H30ClN5O4. The molecular weight excluding hydrogens is 506 g/mol. The highest BCUT2D eigenvalue weighted by atomic mass is 35.5. The maximum absolute atomic E-state index is 13.1. The van der Waals surface area contributed by atoms with E-state index in [-0.39, 0.29) is 19.3 Å². The number of nitrogens with one attached hydrogen (secondary N) is 2. The number of aliphatic hydroxyl groups excluding tert-OH is 1. The van der Waals surface area contributed by atoms with Gasteiger partial charge >= 0.3 is 6.09 Å². The molecule has 2 aliphatic heterocycles. The first-order chi connectivity index (χ1) is 18.4. The van der Waals surface area contributed by atoms with E-state index in [1.807, 2.05) is 61.9 Å². The first kappa shape index (κ1) is 25.8. The van der Waals surface area contributed by atoms with Crippen LogP contribution in [0.15, 0.2) is 54.9 Å². The lowest BCUT2D eigenvalue weighted by Gasteiger charge is -2.35. The lowest BCUT2D eigenvalue weighted by Crippen LogP contribution is -2.42. The standard InChI is InChI=1S/C28H30ClN5O4/c1-3-4-15-37-28(36)34-12-11-23-24-16-20(29)7-10-25(24)30-26(23)27(34)19-5-8-22(9-6-19)38-18-21(35)17-33-14-13-32(2)31-33/h5-10,13-14,16,21,27,30-31,35H,11-12,15,17-18H2,1-2H3. The van der Waals surface area contributed by atoms with Crippen LogP contribution in [-0.4, -0.2) is 70.6 Å². The molecule has 1 aromatic heterocycles. The number of fused-ring (bicyclic) bond motifs is 3. The number of aromatic amines is 1. The second-order valence-electron chi connectivity index (χ2n) is 9.23. The Morgan fingerprint density at radius 2 is 2.05 bits per heavy atom. The van der Waals surface area contributed by atoms with Crippen LogP contribution in [0.25, 0.3) is 10.9 Å². The highest BCUT2D eigenvalue weighted by Gasteiger charge is 2.35. The maximum Gasteiger partial charge on any atom is 0.411 e. The van der Waals surface area contributed by atoms with E-state index in [4.69, 9.17) is 21.1 Å². The number of hydrogen-bond acceptors (Lipinski definition) is 7. The van der Waals surface area contributed by atoms with Gasteiger partial charge in [-0.1, -0.05) is 29.7 Å². The fraction of sp³-hybridized carbons (Fsp3) is 0.321. The Morgan fingerprint density at radius 3 is 2.79 bits per heavy atom. The summed E-state index contributed by atoms with van der Waals surface area (Å²) in [4.78, 5) is 18.3. The SMILES string of the molecule is CC#CCOC(=O)N1CCc2c([nH]c3ccc(Cl)cc23)C1c1ccc(OCC(O)CN2C=CN(C)N2)cc1. The Morgan fingerprint density at radius 1 is 1.24 bits per heavy atom. The molecule has 3 heterocycles. The summed E-state index contributed by atoms with van der Waals surface area (Å²) in [6.07, 6.45) is 3.28. The molecule has 0 spiro atoms. The summed E-state index contributed by atoms with van der Waals surface area (Å²) in [6.45, 7) is 2.77. The predicted octanol–water partition coefficient (Wildman–Crippen LogP) is 3.81. The number of hydrazine groups is 2. The van der Waals surface area contributed by atoms with Gasteiger partial charge in [0.2, 0.25) is 0 Å². The topological polar surface area (TPSA) is 93.3 Å². The molecule has 198 valence electrons. The third-order valence-corrected chi connectivity index (χ3v) is 6.81. The van der Waals surface area contributed by atoms with Gasteiger partial charge in [0.05, 0.1) is 6.54 Å². The average Bonchev–Trinajstić information content (AvgIpc) is 3.49. The van der Waals surface area contributed by atoms with Gasteiger partial charge in [0.25, 0.3) is 0 Å². The van der Waals surface area contributed by atoms with E-state index in [9.17, 15) is 9.90 Å². The van der Waals surface area contributed by atoms with Crippen LogP contribution in [0.3, 0.4) is 0 Å². The second-order valence-corrected chi connectivity index (χ2v) is 9.67. The van der Waals surface area contributed by atoms with Crippen molar-refractivity contribution >= 4 is 28.6 Å². The van der Waals surface area contributed by atoms with Gasteiger partial charge in [0.15, 0.2) is 6.61 Å². The van der Waals surface area contributed by atoms with Crippen molar-refractivity contribution in [2.45, 2.75) is 25.5 Å². The normalized spacial score (nSPS) is 17.3. The van der Waals surface area contributed by atoms with E-state index in [2.05, 4.69) is 22.4 Å². The monoisotopic (exact) mass is 535 g/mol. The molecule has 0 aliphatic carbocycles. The average molecular weight is 536 g/mol. The molecule has 3 N–H and O–H groups in total. The number of β-amino-alcohol motifs (C(OH)–C–C–N with tert-alkyl or cyclic N) is 1. The number of hydrogen-bond donors (Lipinski definition) is 3. The molecule has 0 radical (unpaired) electrons. The van der Waals surface area contributed by atoms with Crippen molar-refractivity contribution in [1.82, 2.24) is 25.4 Å². The summed E-state index contributed by atoms with van der Waals surface area (Å²) in [7, 11) is 1.88. The van der Waals surface area contributed by atoms with Gasteiger partial charge in [-0.05, 0) is 54.8 Å². The number of carbonyl (C=O) groups is 1. The van der Waals surface area contributed by atoms with Crippen LogP contribution >= 0.6 is 11.6 Å². The highest BCUT2D eigenvalue weighted by Crippen LogP contribution is 2.39. The lowest BCUT2D eigenvalue weighted by atomic mass is 9.92. The third-order valence-electron chi connectivity index (χ3n) is 6.57. The first-order valence-electron chi connectivity index (χ1n) is 12.4. The van der Waals surface area contributed by atoms with Crippen molar-refractivity contribution in [1.29, 1.82) is 0 Å². The van der Waals surface area contributed by atoms with E-state index < -0.39 is 12.2 Å². The minimum Gasteiger partial charge on any atom is -0.491 e. The Kier molecular flexibility index (Phi) is 7.65. The summed E-state index contributed by atoms with van der Waals surface area (Å²) >= 11 is 6.29. The van der Waals surface area contributed by atoms with E-state index in [0.717, 1.165) is 27.7 Å². The van der Waals surface area contributed by atoms with Crippen LogP contribution in [0.2, 0.25) is 5.02 Å². The zero-order valence-corrected chi connectivity index (χ0v) is 22.0. The minimum absolute atomic E-state index is 0.0435. The molecule has 38 heavy (non-hydrogen) atoms. The molecule has 1 amide bonds. The number of ether oxygens (including phenoxy) is 2. The largest absolute Gasteiger partial charge is 0.491 e. The van der Waals surface area contributed by atoms with Gasteiger partial charge < -0.3 is 19.6 Å². The summed E-state index contributed by atoms with van der Waals surface area (Å²) in [5.74, 6) is 6.16. The van der Waals surface area contributed by atoms with Crippen molar-refractivity contribution in [3.05, 3.63) is 76.7 Å². The molecule has 0 bridgehead atoms. The number of benzene rings is 2. The summed E-state index contributed by atoms with van der Waals surface area (Å²) < 4.78 is 11.3. The molecule has 2 atom stereocenters. The smallest absolute Gasteiger partial charge is 0.411 e. The van der Waals surface area contributed by atoms with Crippen LogP contribution in [-0.2, 0) is 11.2 Å². The van der Waals surface area contributed by atoms with Crippen molar-refractivity contribution in [3.8, 4) is 17.6 Å². The number of nitrogens with zero attached hydrogens (tertiary/aromatic N) is 3. The third kappa shape index (κ3) is 5.53. The minimum atomic E-state index is -0.686. The number of rotatable bonds is 7. The van der Waals surface area contributed by atoms with E-state index in [1.165, 1.54) is 0 Å². The molecule has 2 aromatic carbocycles. The second kappa shape index (κ2) is 11.3. The van der Waals surface area contributed by atoms with Crippen LogP contribution in [0.1, 0.15) is 29.8 Å². The fourth-order valence-corrected chi connectivity index (χ4v) is 5.00. The van der Waals surface area contributed by atoms with Crippen molar-refractivity contribution in [2.24, 2.45) is 0 Å². The molecule has 10 heteroatoms. The van der Waals surface area contributed by atoms with Gasteiger partial charge in [-0.2, -0.15) is 0 Å². The van der Waals surface area contributed by atoms with Gasteiger partial charge in [0, 0.05) is 47.6 Å². The lowest BCUT2D eigenvalue weighted by molar-refractivity contribution is 0.0511. The molecule has 9 nitrogen and oxygen atoms in total. The van der Waals surface area contributed by atoms with E-state index in [0.29, 0.717) is 30.3 Å². The number of H-pyrrole nitrogens is 1. The molecule has 3 aromatic rings. The number of halogens is 1. The van der Waals surface area contributed by atoms with Crippen molar-refractivity contribution in [3.63, 3.8) is 0 Å².